The highest BCUT2D eigenvalue weighted by molar-refractivity contribution is 7.92. The van der Waals surface area contributed by atoms with E-state index in [0.29, 0.717) is 5.75 Å². The summed E-state index contributed by atoms with van der Waals surface area (Å²) >= 11 is 0. The molecule has 8 nitrogen and oxygen atoms in total. The number of carbonyl (C=O) groups is 2. The molecule has 0 bridgehead atoms. The highest BCUT2D eigenvalue weighted by atomic mass is 32.2. The maximum atomic E-state index is 13.8. The molecule has 3 aromatic rings. The number of aryl methyl sites for hydroxylation is 1. The third kappa shape index (κ3) is 7.57. The fourth-order valence-electron chi connectivity index (χ4n) is 4.01. The molecule has 0 aliphatic carbocycles. The van der Waals surface area contributed by atoms with Crippen LogP contribution in [0.25, 0.3) is 0 Å². The van der Waals surface area contributed by atoms with Crippen molar-refractivity contribution in [2.45, 2.75) is 51.2 Å². The Morgan fingerprint density at radius 1 is 0.974 bits per heavy atom. The fraction of sp³-hybridized carbons (Fsp3) is 0.310. The van der Waals surface area contributed by atoms with Crippen LogP contribution in [0.5, 0.6) is 5.75 Å². The first-order valence-corrected chi connectivity index (χ1v) is 13.9. The molecule has 0 radical (unpaired) electrons. The quantitative estimate of drug-likeness (QED) is 0.381. The molecule has 0 aliphatic heterocycles. The Balaban J connectivity index is 2.03. The van der Waals surface area contributed by atoms with E-state index in [2.05, 4.69) is 5.32 Å². The highest BCUT2D eigenvalue weighted by Crippen LogP contribution is 2.26. The van der Waals surface area contributed by atoms with Gasteiger partial charge in [0.2, 0.25) is 11.8 Å². The Bertz CT molecular complexity index is 1390. The molecule has 0 unspecified atom stereocenters. The van der Waals surface area contributed by atoms with Crippen LogP contribution in [0.3, 0.4) is 0 Å². The zero-order valence-corrected chi connectivity index (χ0v) is 23.5. The summed E-state index contributed by atoms with van der Waals surface area (Å²) in [6.07, 6.45) is 0. The SMILES string of the molecule is COc1ccc(S(=O)(=O)N(CC(=O)N(Cc2cccc(C)c2)[C@@H](C)C(=O)NC(C)C)c2ccc(F)cc2)cc1. The van der Waals surface area contributed by atoms with Crippen molar-refractivity contribution < 1.29 is 27.1 Å². The van der Waals surface area contributed by atoms with E-state index in [9.17, 15) is 22.4 Å². The van der Waals surface area contributed by atoms with Gasteiger partial charge >= 0.3 is 0 Å². The summed E-state index contributed by atoms with van der Waals surface area (Å²) < 4.78 is 47.3. The van der Waals surface area contributed by atoms with Crippen molar-refractivity contribution in [1.29, 1.82) is 0 Å². The first-order valence-electron chi connectivity index (χ1n) is 12.5. The summed E-state index contributed by atoms with van der Waals surface area (Å²) in [6.45, 7) is 6.64. The van der Waals surface area contributed by atoms with Crippen molar-refractivity contribution in [3.63, 3.8) is 0 Å². The summed E-state index contributed by atoms with van der Waals surface area (Å²) in [7, 11) is -2.79. The fourth-order valence-corrected chi connectivity index (χ4v) is 5.42. The lowest BCUT2D eigenvalue weighted by Gasteiger charge is -2.32. The molecule has 0 heterocycles. The molecular weight excluding hydrogens is 521 g/mol. The Hall–Kier alpha value is -3.92. The van der Waals surface area contributed by atoms with Gasteiger partial charge in [0.05, 0.1) is 17.7 Å². The summed E-state index contributed by atoms with van der Waals surface area (Å²) in [4.78, 5) is 28.1. The molecule has 39 heavy (non-hydrogen) atoms. The Labute approximate surface area is 229 Å². The normalized spacial score (nSPS) is 12.1. The Kier molecular flexibility index (Phi) is 9.69. The van der Waals surface area contributed by atoms with Gasteiger partial charge in [0, 0.05) is 12.6 Å². The summed E-state index contributed by atoms with van der Waals surface area (Å²) in [5, 5.41) is 2.81. The maximum absolute atomic E-state index is 13.8. The van der Waals surface area contributed by atoms with Gasteiger partial charge in [-0.15, -0.1) is 0 Å². The first-order chi connectivity index (χ1) is 18.4. The molecule has 0 saturated heterocycles. The number of methoxy groups -OCH3 is 1. The van der Waals surface area contributed by atoms with Crippen molar-refractivity contribution in [2.24, 2.45) is 0 Å². The second-order valence-electron chi connectivity index (χ2n) is 9.51. The lowest BCUT2D eigenvalue weighted by Crippen LogP contribution is -2.52. The van der Waals surface area contributed by atoms with E-state index >= 15 is 0 Å². The van der Waals surface area contributed by atoms with E-state index in [-0.39, 0.29) is 29.1 Å². The van der Waals surface area contributed by atoms with Gasteiger partial charge in [0.25, 0.3) is 10.0 Å². The van der Waals surface area contributed by atoms with E-state index in [1.807, 2.05) is 45.0 Å². The monoisotopic (exact) mass is 555 g/mol. The number of halogens is 1. The smallest absolute Gasteiger partial charge is 0.264 e. The number of carbonyl (C=O) groups excluding carboxylic acids is 2. The van der Waals surface area contributed by atoms with Gasteiger partial charge in [-0.2, -0.15) is 0 Å². The van der Waals surface area contributed by atoms with Gasteiger partial charge in [-0.1, -0.05) is 29.8 Å². The zero-order valence-electron chi connectivity index (χ0n) is 22.7. The molecule has 10 heteroatoms. The second-order valence-corrected chi connectivity index (χ2v) is 11.4. The van der Waals surface area contributed by atoms with Crippen LogP contribution in [-0.2, 0) is 26.2 Å². The van der Waals surface area contributed by atoms with E-state index in [1.54, 1.807) is 6.92 Å². The number of nitrogens with zero attached hydrogens (tertiary/aromatic N) is 2. The predicted molar refractivity (Wildman–Crippen MR) is 148 cm³/mol. The third-order valence-corrected chi connectivity index (χ3v) is 7.86. The molecule has 208 valence electrons. The number of nitrogens with one attached hydrogen (secondary N) is 1. The highest BCUT2D eigenvalue weighted by Gasteiger charge is 2.32. The molecule has 0 aliphatic rings. The number of hydrogen-bond acceptors (Lipinski definition) is 5. The number of anilines is 1. The van der Waals surface area contributed by atoms with Crippen molar-refractivity contribution in [3.8, 4) is 5.75 Å². The van der Waals surface area contributed by atoms with Crippen LogP contribution in [0.1, 0.15) is 31.9 Å². The number of ether oxygens (including phenoxy) is 1. The van der Waals surface area contributed by atoms with Crippen LogP contribution in [0.2, 0.25) is 0 Å². The summed E-state index contributed by atoms with van der Waals surface area (Å²) in [6, 6.07) is 17.1. The van der Waals surface area contributed by atoms with Crippen molar-refractivity contribution in [3.05, 3.63) is 89.7 Å². The van der Waals surface area contributed by atoms with E-state index < -0.39 is 34.3 Å². The molecule has 0 fully saturated rings. The molecule has 0 spiro atoms. The number of sulfonamides is 1. The average Bonchev–Trinajstić information content (AvgIpc) is 2.90. The van der Waals surface area contributed by atoms with Crippen molar-refractivity contribution in [1.82, 2.24) is 10.2 Å². The van der Waals surface area contributed by atoms with Gasteiger partial charge in [-0.3, -0.25) is 13.9 Å². The Morgan fingerprint density at radius 2 is 1.62 bits per heavy atom. The van der Waals surface area contributed by atoms with Gasteiger partial charge in [-0.05, 0) is 81.8 Å². The minimum absolute atomic E-state index is 0.0729. The summed E-state index contributed by atoms with van der Waals surface area (Å²) in [5.74, 6) is -1.04. The minimum atomic E-state index is -4.26. The lowest BCUT2D eigenvalue weighted by atomic mass is 10.1. The molecule has 3 rings (SSSR count). The molecular formula is C29H34FN3O5S. The molecule has 2 amide bonds. The van der Waals surface area contributed by atoms with Crippen molar-refractivity contribution >= 4 is 27.5 Å². The first kappa shape index (κ1) is 29.6. The van der Waals surface area contributed by atoms with Gasteiger partial charge in [0.1, 0.15) is 24.2 Å². The van der Waals surface area contributed by atoms with Gasteiger partial charge < -0.3 is 15.0 Å². The topological polar surface area (TPSA) is 96.0 Å². The number of benzene rings is 3. The number of hydrogen-bond donors (Lipinski definition) is 1. The summed E-state index contributed by atoms with van der Waals surface area (Å²) in [5.41, 5.74) is 1.88. The lowest BCUT2D eigenvalue weighted by molar-refractivity contribution is -0.139. The second kappa shape index (κ2) is 12.8. The zero-order chi connectivity index (χ0) is 28.7. The van der Waals surface area contributed by atoms with Crippen LogP contribution >= 0.6 is 0 Å². The molecule has 1 atom stereocenters. The van der Waals surface area contributed by atoms with Crippen LogP contribution in [0, 0.1) is 12.7 Å². The number of amides is 2. The maximum Gasteiger partial charge on any atom is 0.264 e. The van der Waals surface area contributed by atoms with Crippen LogP contribution < -0.4 is 14.4 Å². The van der Waals surface area contributed by atoms with Crippen LogP contribution in [0.4, 0.5) is 10.1 Å². The third-order valence-electron chi connectivity index (χ3n) is 6.07. The predicted octanol–water partition coefficient (Wildman–Crippen LogP) is 4.28. The molecule has 3 aromatic carbocycles. The molecule has 0 saturated carbocycles. The minimum Gasteiger partial charge on any atom is -0.497 e. The number of rotatable bonds is 11. The molecule has 0 aromatic heterocycles. The Morgan fingerprint density at radius 3 is 2.18 bits per heavy atom. The molecule has 1 N–H and O–H groups in total. The average molecular weight is 556 g/mol. The van der Waals surface area contributed by atoms with E-state index in [1.165, 1.54) is 48.4 Å². The van der Waals surface area contributed by atoms with Gasteiger partial charge in [-0.25, -0.2) is 12.8 Å². The van der Waals surface area contributed by atoms with Crippen LogP contribution in [-0.4, -0.2) is 50.9 Å². The standard InChI is InChI=1S/C29H34FN3O5S/c1-20(2)31-29(35)22(4)32(18-23-8-6-7-21(3)17-23)28(34)19-33(25-11-9-24(30)10-12-25)39(36,37)27-15-13-26(38-5)14-16-27/h6-17,20,22H,18-19H2,1-5H3,(H,31,35)/t22-/m0/s1. The van der Waals surface area contributed by atoms with E-state index in [4.69, 9.17) is 4.74 Å². The van der Waals surface area contributed by atoms with Gasteiger partial charge in [0.15, 0.2) is 0 Å². The van der Waals surface area contributed by atoms with Crippen LogP contribution in [0.15, 0.2) is 77.7 Å². The van der Waals surface area contributed by atoms with E-state index in [0.717, 1.165) is 27.6 Å². The van der Waals surface area contributed by atoms with Crippen molar-refractivity contribution in [2.75, 3.05) is 18.0 Å². The largest absolute Gasteiger partial charge is 0.497 e.